The van der Waals surface area contributed by atoms with E-state index in [1.807, 2.05) is 6.92 Å². The van der Waals surface area contributed by atoms with Crippen molar-refractivity contribution in [2.45, 2.75) is 13.3 Å². The summed E-state index contributed by atoms with van der Waals surface area (Å²) in [6.07, 6.45) is 0.799. The molecule has 1 amide bonds. The average molecular weight is 295 g/mol. The number of benzene rings is 1. The van der Waals surface area contributed by atoms with E-state index in [1.165, 1.54) is 17.0 Å². The molecule has 0 saturated heterocycles. The average Bonchev–Trinajstić information content (AvgIpc) is 2.44. The molecule has 114 valence electrons. The summed E-state index contributed by atoms with van der Waals surface area (Å²) in [5.41, 5.74) is -0.269. The second-order valence-electron chi connectivity index (χ2n) is 4.47. The summed E-state index contributed by atoms with van der Waals surface area (Å²) in [5.74, 6) is -1.52. The Kier molecular flexibility index (Phi) is 5.65. The van der Waals surface area contributed by atoms with Crippen LogP contribution in [0.1, 0.15) is 23.7 Å². The number of nitro benzene ring substituents is 1. The monoisotopic (exact) mass is 295 g/mol. The minimum Gasteiger partial charge on any atom is -0.478 e. The van der Waals surface area contributed by atoms with Crippen LogP contribution < -0.4 is 10.2 Å². The molecule has 2 N–H and O–H groups in total. The van der Waals surface area contributed by atoms with Crippen LogP contribution in [0.25, 0.3) is 0 Å². The predicted molar refractivity (Wildman–Crippen MR) is 76.6 cm³/mol. The molecule has 0 bridgehead atoms. The number of carbonyl (C=O) groups is 2. The fourth-order valence-electron chi connectivity index (χ4n) is 1.76. The van der Waals surface area contributed by atoms with E-state index in [0.717, 1.165) is 12.5 Å². The molecule has 1 rings (SSSR count). The number of rotatable bonds is 7. The Labute approximate surface area is 121 Å². The van der Waals surface area contributed by atoms with Crippen LogP contribution in [-0.2, 0) is 4.79 Å². The second-order valence-corrected chi connectivity index (χ2v) is 4.47. The van der Waals surface area contributed by atoms with Crippen LogP contribution >= 0.6 is 0 Å². The number of aromatic carboxylic acids is 1. The number of carbonyl (C=O) groups excluding carboxylic acids is 1. The quantitative estimate of drug-likeness (QED) is 0.578. The van der Waals surface area contributed by atoms with Gasteiger partial charge in [-0.15, -0.1) is 0 Å². The van der Waals surface area contributed by atoms with Crippen molar-refractivity contribution in [1.82, 2.24) is 5.32 Å². The Morgan fingerprint density at radius 3 is 2.62 bits per heavy atom. The molecule has 0 atom stereocenters. The number of hydrogen-bond donors (Lipinski definition) is 2. The second kappa shape index (κ2) is 7.22. The molecule has 0 aliphatic carbocycles. The van der Waals surface area contributed by atoms with Gasteiger partial charge >= 0.3 is 5.97 Å². The van der Waals surface area contributed by atoms with Gasteiger partial charge in [0.15, 0.2) is 0 Å². The van der Waals surface area contributed by atoms with Gasteiger partial charge in [-0.05, 0) is 12.5 Å². The lowest BCUT2D eigenvalue weighted by atomic mass is 10.1. The first-order chi connectivity index (χ1) is 9.86. The number of carboxylic acids is 1. The highest BCUT2D eigenvalue weighted by Gasteiger charge is 2.19. The van der Waals surface area contributed by atoms with Crippen LogP contribution in [0.5, 0.6) is 0 Å². The molecular weight excluding hydrogens is 278 g/mol. The highest BCUT2D eigenvalue weighted by atomic mass is 16.6. The third kappa shape index (κ3) is 4.44. The molecule has 0 unspecified atom stereocenters. The minimum absolute atomic E-state index is 0.0297. The van der Waals surface area contributed by atoms with Gasteiger partial charge < -0.3 is 15.3 Å². The standard InChI is InChI=1S/C13H17N3O5/c1-3-6-14-12(17)8-15(2)11-5-4-9(16(20)21)7-10(11)13(18)19/h4-5,7H,3,6,8H2,1-2H3,(H,14,17)(H,18,19). The van der Waals surface area contributed by atoms with Gasteiger partial charge in [0.2, 0.25) is 5.91 Å². The predicted octanol–water partition coefficient (Wildman–Crippen LogP) is 1.26. The van der Waals surface area contributed by atoms with Crippen molar-refractivity contribution in [2.75, 3.05) is 25.0 Å². The lowest BCUT2D eigenvalue weighted by Crippen LogP contribution is -2.36. The summed E-state index contributed by atoms with van der Waals surface area (Å²) < 4.78 is 0. The topological polar surface area (TPSA) is 113 Å². The molecule has 0 spiro atoms. The van der Waals surface area contributed by atoms with Gasteiger partial charge in [0.05, 0.1) is 22.7 Å². The van der Waals surface area contributed by atoms with Crippen LogP contribution in [0.2, 0.25) is 0 Å². The molecule has 8 heteroatoms. The van der Waals surface area contributed by atoms with Gasteiger partial charge in [-0.3, -0.25) is 14.9 Å². The lowest BCUT2D eigenvalue weighted by Gasteiger charge is -2.20. The van der Waals surface area contributed by atoms with Crippen molar-refractivity contribution in [1.29, 1.82) is 0 Å². The third-order valence-electron chi connectivity index (χ3n) is 2.79. The Balaban J connectivity index is 2.98. The number of hydrogen-bond acceptors (Lipinski definition) is 5. The largest absolute Gasteiger partial charge is 0.478 e. The van der Waals surface area contributed by atoms with Crippen LogP contribution in [0.15, 0.2) is 18.2 Å². The minimum atomic E-state index is -1.28. The molecule has 0 heterocycles. The molecule has 0 fully saturated rings. The molecule has 1 aromatic rings. The third-order valence-corrected chi connectivity index (χ3v) is 2.79. The zero-order valence-corrected chi connectivity index (χ0v) is 11.8. The molecule has 0 saturated carbocycles. The van der Waals surface area contributed by atoms with Crippen molar-refractivity contribution < 1.29 is 19.6 Å². The van der Waals surface area contributed by atoms with Crippen molar-refractivity contribution in [3.63, 3.8) is 0 Å². The Morgan fingerprint density at radius 1 is 1.43 bits per heavy atom. The molecule has 0 aliphatic heterocycles. The van der Waals surface area contributed by atoms with Gasteiger partial charge in [0.25, 0.3) is 5.69 Å². The van der Waals surface area contributed by atoms with E-state index in [1.54, 1.807) is 7.05 Å². The van der Waals surface area contributed by atoms with E-state index < -0.39 is 10.9 Å². The maximum absolute atomic E-state index is 11.6. The molecule has 0 aliphatic rings. The first kappa shape index (κ1) is 16.4. The number of anilines is 1. The number of non-ortho nitro benzene ring substituents is 1. The summed E-state index contributed by atoms with van der Waals surface area (Å²) >= 11 is 0. The van der Waals surface area contributed by atoms with Crippen LogP contribution in [0.3, 0.4) is 0 Å². The maximum atomic E-state index is 11.6. The number of nitro groups is 1. The zero-order valence-electron chi connectivity index (χ0n) is 11.8. The van der Waals surface area contributed by atoms with Gasteiger partial charge in [0, 0.05) is 25.7 Å². The van der Waals surface area contributed by atoms with Crippen LogP contribution in [0.4, 0.5) is 11.4 Å². The van der Waals surface area contributed by atoms with Gasteiger partial charge in [-0.2, -0.15) is 0 Å². The Bertz CT molecular complexity index is 559. The van der Waals surface area contributed by atoms with E-state index in [0.29, 0.717) is 6.54 Å². The Hall–Kier alpha value is -2.64. The summed E-state index contributed by atoms with van der Waals surface area (Å²) in [6, 6.07) is 3.52. The number of nitrogens with one attached hydrogen (secondary N) is 1. The lowest BCUT2D eigenvalue weighted by molar-refractivity contribution is -0.384. The van der Waals surface area contributed by atoms with E-state index in [-0.39, 0.29) is 29.4 Å². The number of likely N-dealkylation sites (N-methyl/N-ethyl adjacent to an activating group) is 1. The SMILES string of the molecule is CCCNC(=O)CN(C)c1ccc([N+](=O)[O-])cc1C(=O)O. The highest BCUT2D eigenvalue weighted by Crippen LogP contribution is 2.24. The van der Waals surface area contributed by atoms with Crippen molar-refractivity contribution in [3.8, 4) is 0 Å². The highest BCUT2D eigenvalue weighted by molar-refractivity contribution is 5.96. The van der Waals surface area contributed by atoms with Crippen molar-refractivity contribution >= 4 is 23.3 Å². The molecule has 8 nitrogen and oxygen atoms in total. The van der Waals surface area contributed by atoms with Crippen molar-refractivity contribution in [2.24, 2.45) is 0 Å². The summed E-state index contributed by atoms with van der Waals surface area (Å²) in [4.78, 5) is 34.3. The normalized spacial score (nSPS) is 10.0. The zero-order chi connectivity index (χ0) is 16.0. The summed E-state index contributed by atoms with van der Waals surface area (Å²) in [5, 5.41) is 22.5. The molecule has 1 aromatic carbocycles. The molecule has 0 radical (unpaired) electrons. The van der Waals surface area contributed by atoms with Gasteiger partial charge in [0.1, 0.15) is 0 Å². The molecular formula is C13H17N3O5. The van der Waals surface area contributed by atoms with Crippen LogP contribution in [-0.4, -0.2) is 42.0 Å². The number of amides is 1. The fourth-order valence-corrected chi connectivity index (χ4v) is 1.76. The number of nitrogens with zero attached hydrogens (tertiary/aromatic N) is 2. The fraction of sp³-hybridized carbons (Fsp3) is 0.385. The smallest absolute Gasteiger partial charge is 0.338 e. The van der Waals surface area contributed by atoms with Crippen molar-refractivity contribution in [3.05, 3.63) is 33.9 Å². The van der Waals surface area contributed by atoms with E-state index in [9.17, 15) is 19.7 Å². The Morgan fingerprint density at radius 2 is 2.10 bits per heavy atom. The van der Waals surface area contributed by atoms with Gasteiger partial charge in [-0.1, -0.05) is 6.92 Å². The summed E-state index contributed by atoms with van der Waals surface area (Å²) in [7, 11) is 1.55. The van der Waals surface area contributed by atoms with E-state index in [4.69, 9.17) is 5.11 Å². The van der Waals surface area contributed by atoms with E-state index >= 15 is 0 Å². The number of carboxylic acid groups (broad SMARTS) is 1. The van der Waals surface area contributed by atoms with Gasteiger partial charge in [-0.25, -0.2) is 4.79 Å². The van der Waals surface area contributed by atoms with E-state index in [2.05, 4.69) is 5.32 Å². The van der Waals surface area contributed by atoms with Crippen LogP contribution in [0, 0.1) is 10.1 Å². The molecule has 0 aromatic heterocycles. The molecule has 21 heavy (non-hydrogen) atoms. The first-order valence-electron chi connectivity index (χ1n) is 6.36. The maximum Gasteiger partial charge on any atom is 0.338 e. The first-order valence-corrected chi connectivity index (χ1v) is 6.36. The summed E-state index contributed by atoms with van der Waals surface area (Å²) in [6.45, 7) is 2.43.